The van der Waals surface area contributed by atoms with Crippen LogP contribution < -0.4 is 14.4 Å². The number of aliphatic hydroxyl groups excluding tert-OH is 1. The zero-order valence-corrected chi connectivity index (χ0v) is 23.8. The predicted molar refractivity (Wildman–Crippen MR) is 155 cm³/mol. The molecule has 1 aliphatic rings. The van der Waals surface area contributed by atoms with Gasteiger partial charge >= 0.3 is 0 Å². The minimum atomic E-state index is -0.503. The minimum Gasteiger partial charge on any atom is -0.493 e. The maximum atomic E-state index is 12.0. The third-order valence-corrected chi connectivity index (χ3v) is 7.61. The first kappa shape index (κ1) is 27.1. The molecule has 1 saturated heterocycles. The molecule has 2 N–H and O–H groups in total. The summed E-state index contributed by atoms with van der Waals surface area (Å²) in [6.45, 7) is 1.89. The van der Waals surface area contributed by atoms with Gasteiger partial charge in [-0.2, -0.15) is 5.10 Å². The van der Waals surface area contributed by atoms with E-state index in [0.717, 1.165) is 16.5 Å². The lowest BCUT2D eigenvalue weighted by Crippen LogP contribution is -2.49. The number of anilines is 1. The summed E-state index contributed by atoms with van der Waals surface area (Å²) in [6, 6.07) is 7.08. The van der Waals surface area contributed by atoms with Crippen molar-refractivity contribution in [2.75, 3.05) is 51.9 Å². The van der Waals surface area contributed by atoms with Gasteiger partial charge in [-0.15, -0.1) is 0 Å². The van der Waals surface area contributed by atoms with E-state index >= 15 is 0 Å². The normalized spacial score (nSPS) is 13.8. The molecule has 12 nitrogen and oxygen atoms in total. The number of halogens is 2. The number of methoxy groups -OCH3 is 2. The maximum absolute atomic E-state index is 12.0. The molecule has 1 fully saturated rings. The highest BCUT2D eigenvalue weighted by atomic mass is 35.5. The number of nitrogens with one attached hydrogen (secondary N) is 1. The van der Waals surface area contributed by atoms with Crippen LogP contribution in [0.1, 0.15) is 5.82 Å². The number of carbonyl (C=O) groups is 1. The van der Waals surface area contributed by atoms with Gasteiger partial charge in [0.15, 0.2) is 23.0 Å². The fourth-order valence-electron chi connectivity index (χ4n) is 5.04. The summed E-state index contributed by atoms with van der Waals surface area (Å²) in [4.78, 5) is 32.7. The Balaban J connectivity index is 1.43. The summed E-state index contributed by atoms with van der Waals surface area (Å²) in [6.07, 6.45) is 3.71. The summed E-state index contributed by atoms with van der Waals surface area (Å²) in [5.41, 5.74) is 3.46. The second-order valence-electron chi connectivity index (χ2n) is 9.49. The van der Waals surface area contributed by atoms with Crippen molar-refractivity contribution >= 4 is 57.0 Å². The molecule has 0 aliphatic carbocycles. The second kappa shape index (κ2) is 11.0. The highest BCUT2D eigenvalue weighted by molar-refractivity contribution is 6.34. The highest BCUT2D eigenvalue weighted by Gasteiger charge is 2.25. The molecule has 0 bridgehead atoms. The first-order valence-electron chi connectivity index (χ1n) is 12.8. The molecule has 1 amide bonds. The van der Waals surface area contributed by atoms with Crippen LogP contribution in [0.3, 0.4) is 0 Å². The Labute approximate surface area is 244 Å². The van der Waals surface area contributed by atoms with E-state index in [1.54, 1.807) is 42.1 Å². The van der Waals surface area contributed by atoms with Gasteiger partial charge in [0.2, 0.25) is 5.91 Å². The Kier molecular flexibility index (Phi) is 7.28. The Morgan fingerprint density at radius 2 is 1.80 bits per heavy atom. The van der Waals surface area contributed by atoms with Gasteiger partial charge in [0.25, 0.3) is 0 Å². The minimum absolute atomic E-state index is 0.285. The topological polar surface area (TPSA) is 135 Å². The van der Waals surface area contributed by atoms with Crippen LogP contribution in [0.15, 0.2) is 36.7 Å². The maximum Gasteiger partial charge on any atom is 0.248 e. The predicted octanol–water partition coefficient (Wildman–Crippen LogP) is 3.38. The molecule has 41 heavy (non-hydrogen) atoms. The van der Waals surface area contributed by atoms with Crippen molar-refractivity contribution in [3.05, 3.63) is 52.7 Å². The number of aromatic amines is 1. The first-order valence-corrected chi connectivity index (χ1v) is 13.6. The number of fused-ring (bicyclic) bond motifs is 2. The van der Waals surface area contributed by atoms with Gasteiger partial charge in [-0.25, -0.2) is 15.0 Å². The summed E-state index contributed by atoms with van der Waals surface area (Å²) >= 11 is 12.8. The SMILES string of the molecule is COc1cc(Cl)c(-c2cnc(N3CCN(C(=O)CO)CC3)c3nn(Cc4nc5nc(Cl)ccc5[nH]4)cc23)cc1OC. The number of benzene rings is 1. The van der Waals surface area contributed by atoms with Crippen molar-refractivity contribution in [2.45, 2.75) is 6.54 Å². The van der Waals surface area contributed by atoms with Crippen molar-refractivity contribution in [1.82, 2.24) is 34.6 Å². The molecule has 5 heterocycles. The number of nitrogens with zero attached hydrogens (tertiary/aromatic N) is 7. The zero-order chi connectivity index (χ0) is 28.7. The zero-order valence-electron chi connectivity index (χ0n) is 22.3. The first-order chi connectivity index (χ1) is 19.9. The number of piperazine rings is 1. The number of H-pyrrole nitrogens is 1. The molecule has 1 aliphatic heterocycles. The Hall–Kier alpha value is -4.13. The summed E-state index contributed by atoms with van der Waals surface area (Å²) in [5, 5.41) is 15.8. The molecule has 0 saturated carbocycles. The molecule has 1 aromatic carbocycles. The van der Waals surface area contributed by atoms with E-state index in [1.165, 1.54) is 0 Å². The molecule has 5 aromatic rings. The van der Waals surface area contributed by atoms with Crippen LogP contribution in [0, 0.1) is 0 Å². The van der Waals surface area contributed by atoms with Gasteiger partial charge in [-0.1, -0.05) is 23.2 Å². The van der Waals surface area contributed by atoms with Crippen LogP contribution in [0.5, 0.6) is 11.5 Å². The molecule has 4 aromatic heterocycles. The van der Waals surface area contributed by atoms with Crippen molar-refractivity contribution in [1.29, 1.82) is 0 Å². The number of imidazole rings is 1. The van der Waals surface area contributed by atoms with E-state index in [0.29, 0.717) is 82.8 Å². The Morgan fingerprint density at radius 1 is 1.05 bits per heavy atom. The van der Waals surface area contributed by atoms with Crippen LogP contribution in [-0.4, -0.2) is 92.6 Å². The molecular weight excluding hydrogens is 571 g/mol. The van der Waals surface area contributed by atoms with Gasteiger partial charge in [0.05, 0.1) is 31.3 Å². The van der Waals surface area contributed by atoms with Gasteiger partial charge in [-0.3, -0.25) is 9.48 Å². The van der Waals surface area contributed by atoms with Crippen LogP contribution in [-0.2, 0) is 11.3 Å². The van der Waals surface area contributed by atoms with Crippen LogP contribution in [0.25, 0.3) is 33.2 Å². The van der Waals surface area contributed by atoms with Gasteiger partial charge in [0.1, 0.15) is 23.1 Å². The highest BCUT2D eigenvalue weighted by Crippen LogP contribution is 2.41. The third kappa shape index (κ3) is 5.09. The summed E-state index contributed by atoms with van der Waals surface area (Å²) in [7, 11) is 3.13. The average molecular weight is 597 g/mol. The van der Waals surface area contributed by atoms with E-state index < -0.39 is 6.61 Å². The van der Waals surface area contributed by atoms with Gasteiger partial charge in [0, 0.05) is 61.2 Å². The lowest BCUT2D eigenvalue weighted by molar-refractivity contribution is -0.134. The Morgan fingerprint density at radius 3 is 2.54 bits per heavy atom. The number of aromatic nitrogens is 6. The quantitative estimate of drug-likeness (QED) is 0.271. The third-order valence-electron chi connectivity index (χ3n) is 7.08. The number of hydrogen-bond acceptors (Lipinski definition) is 9. The van der Waals surface area contributed by atoms with E-state index in [4.69, 9.17) is 42.8 Å². The van der Waals surface area contributed by atoms with Crippen molar-refractivity contribution in [2.24, 2.45) is 0 Å². The van der Waals surface area contributed by atoms with Crippen molar-refractivity contribution < 1.29 is 19.4 Å². The van der Waals surface area contributed by atoms with Crippen molar-refractivity contribution in [3.8, 4) is 22.6 Å². The number of ether oxygens (including phenoxy) is 2. The summed E-state index contributed by atoms with van der Waals surface area (Å²) in [5.74, 6) is 2.13. The lowest BCUT2D eigenvalue weighted by atomic mass is 10.0. The fourth-order valence-corrected chi connectivity index (χ4v) is 5.44. The molecule has 14 heteroatoms. The summed E-state index contributed by atoms with van der Waals surface area (Å²) < 4.78 is 12.7. The average Bonchev–Trinajstić information content (AvgIpc) is 3.59. The number of aliphatic hydroxyl groups is 1. The van der Waals surface area contributed by atoms with Gasteiger partial charge in [-0.05, 0) is 18.2 Å². The van der Waals surface area contributed by atoms with E-state index in [2.05, 4.69) is 19.9 Å². The molecule has 6 rings (SSSR count). The standard InChI is InChI=1S/C27H26Cl2N8O4/c1-40-20-9-15(18(28)10-21(20)41-2)16-11-30-27(36-7-5-35(6-8-36)24(39)14-38)25-17(16)12-37(34-25)13-23-31-19-3-4-22(29)32-26(19)33-23/h3-4,9-12,38H,5-8,13-14H2,1-2H3,(H,31,32,33). The van der Waals surface area contributed by atoms with Crippen LogP contribution in [0.4, 0.5) is 5.82 Å². The Bertz CT molecular complexity index is 1760. The molecule has 0 radical (unpaired) electrons. The molecule has 0 atom stereocenters. The molecule has 0 unspecified atom stereocenters. The number of carbonyl (C=O) groups excluding carboxylic acids is 1. The smallest absolute Gasteiger partial charge is 0.248 e. The number of rotatable bonds is 7. The van der Waals surface area contributed by atoms with E-state index in [1.807, 2.05) is 18.3 Å². The molecule has 0 spiro atoms. The second-order valence-corrected chi connectivity index (χ2v) is 10.3. The van der Waals surface area contributed by atoms with Crippen molar-refractivity contribution in [3.63, 3.8) is 0 Å². The monoisotopic (exact) mass is 596 g/mol. The molecule has 212 valence electrons. The van der Waals surface area contributed by atoms with Crippen LogP contribution in [0.2, 0.25) is 10.2 Å². The van der Waals surface area contributed by atoms with Crippen LogP contribution >= 0.6 is 23.2 Å². The molecular formula is C27H26Cl2N8O4. The lowest BCUT2D eigenvalue weighted by Gasteiger charge is -2.35. The van der Waals surface area contributed by atoms with E-state index in [-0.39, 0.29) is 5.91 Å². The number of hydrogen-bond donors (Lipinski definition) is 2. The van der Waals surface area contributed by atoms with E-state index in [9.17, 15) is 9.90 Å². The number of amides is 1. The largest absolute Gasteiger partial charge is 0.493 e. The van der Waals surface area contributed by atoms with Gasteiger partial charge < -0.3 is 29.4 Å². The fraction of sp³-hybridized carbons (Fsp3) is 0.296. The number of pyridine rings is 2.